The maximum Gasteiger partial charge on any atom is 0.176 e. The maximum atomic E-state index is 13.8. The number of rotatable bonds is 1. The van der Waals surface area contributed by atoms with Crippen molar-refractivity contribution in [1.82, 2.24) is 14.5 Å². The molecule has 0 fully saturated rings. The minimum Gasteiger partial charge on any atom is -0.381 e. The van der Waals surface area contributed by atoms with Crippen molar-refractivity contribution < 1.29 is 8.78 Å². The average Bonchev–Trinajstić information content (AvgIpc) is 2.78. The normalized spacial score (nSPS) is 14.6. The summed E-state index contributed by atoms with van der Waals surface area (Å²) in [5.74, 6) is -1.85. The molecule has 0 aromatic carbocycles. The van der Waals surface area contributed by atoms with E-state index < -0.39 is 11.6 Å². The van der Waals surface area contributed by atoms with Crippen LogP contribution in [-0.2, 0) is 12.8 Å². The maximum absolute atomic E-state index is 13.8. The van der Waals surface area contributed by atoms with Crippen LogP contribution >= 0.6 is 0 Å². The van der Waals surface area contributed by atoms with E-state index in [1.54, 1.807) is 4.57 Å². The Morgan fingerprint density at radius 3 is 2.78 bits per heavy atom. The van der Waals surface area contributed by atoms with E-state index >= 15 is 0 Å². The molecule has 0 saturated heterocycles. The first-order chi connectivity index (χ1) is 8.66. The number of pyridine rings is 1. The van der Waals surface area contributed by atoms with Crippen LogP contribution in [0.4, 0.5) is 14.6 Å². The fourth-order valence-electron chi connectivity index (χ4n) is 2.29. The average molecular weight is 250 g/mol. The second-order valence-electron chi connectivity index (χ2n) is 4.38. The smallest absolute Gasteiger partial charge is 0.176 e. The summed E-state index contributed by atoms with van der Waals surface area (Å²) in [4.78, 5) is 8.02. The van der Waals surface area contributed by atoms with Crippen LogP contribution in [0.25, 0.3) is 5.82 Å². The highest BCUT2D eigenvalue weighted by Crippen LogP contribution is 2.24. The standard InChI is InChI=1S/C12H12F2N4/c13-7-5-8(14)12(17-11(7)15)18-6-16-9-3-1-2-4-10(9)18/h5-6H,1-4H2,(H2,15,17). The Hall–Kier alpha value is -1.98. The lowest BCUT2D eigenvalue weighted by Crippen LogP contribution is -2.11. The molecule has 4 nitrogen and oxygen atoms in total. The molecule has 2 N–H and O–H groups in total. The van der Waals surface area contributed by atoms with Gasteiger partial charge in [-0.3, -0.25) is 4.57 Å². The lowest BCUT2D eigenvalue weighted by Gasteiger charge is -2.14. The summed E-state index contributed by atoms with van der Waals surface area (Å²) in [6.45, 7) is 0. The monoisotopic (exact) mass is 250 g/mol. The van der Waals surface area contributed by atoms with Crippen molar-refractivity contribution >= 4 is 5.82 Å². The first-order valence-electron chi connectivity index (χ1n) is 5.84. The van der Waals surface area contributed by atoms with E-state index in [9.17, 15) is 8.78 Å². The number of aromatic nitrogens is 3. The van der Waals surface area contributed by atoms with E-state index in [0.717, 1.165) is 43.1 Å². The van der Waals surface area contributed by atoms with E-state index in [1.165, 1.54) is 6.33 Å². The largest absolute Gasteiger partial charge is 0.381 e. The Balaban J connectivity index is 2.15. The van der Waals surface area contributed by atoms with Gasteiger partial charge in [-0.1, -0.05) is 0 Å². The summed E-state index contributed by atoms with van der Waals surface area (Å²) in [7, 11) is 0. The number of nitrogens with two attached hydrogens (primary N) is 1. The Labute approximate surface area is 102 Å². The van der Waals surface area contributed by atoms with Gasteiger partial charge in [-0.15, -0.1) is 0 Å². The van der Waals surface area contributed by atoms with Crippen LogP contribution < -0.4 is 5.73 Å². The summed E-state index contributed by atoms with van der Waals surface area (Å²) in [5, 5.41) is 0. The highest BCUT2D eigenvalue weighted by molar-refractivity contribution is 5.40. The van der Waals surface area contributed by atoms with Gasteiger partial charge in [-0.25, -0.2) is 18.7 Å². The van der Waals surface area contributed by atoms with Crippen LogP contribution in [0.15, 0.2) is 12.4 Å². The Morgan fingerprint density at radius 2 is 1.94 bits per heavy atom. The van der Waals surface area contributed by atoms with E-state index in [0.29, 0.717) is 0 Å². The van der Waals surface area contributed by atoms with E-state index in [4.69, 9.17) is 5.73 Å². The molecule has 18 heavy (non-hydrogen) atoms. The molecule has 3 rings (SSSR count). The van der Waals surface area contributed by atoms with Gasteiger partial charge in [0, 0.05) is 11.8 Å². The predicted octanol–water partition coefficient (Wildman–Crippen LogP) is 2.01. The molecule has 2 aromatic heterocycles. The molecular weight excluding hydrogens is 238 g/mol. The van der Waals surface area contributed by atoms with Gasteiger partial charge in [0.15, 0.2) is 23.3 Å². The van der Waals surface area contributed by atoms with Crippen LogP contribution in [0.3, 0.4) is 0 Å². The molecule has 2 aromatic rings. The number of aryl methyl sites for hydroxylation is 1. The molecule has 0 unspecified atom stereocenters. The van der Waals surface area contributed by atoms with Crippen molar-refractivity contribution in [3.05, 3.63) is 35.4 Å². The third-order valence-corrected chi connectivity index (χ3v) is 3.20. The number of nitrogen functional groups attached to an aromatic ring is 1. The second kappa shape index (κ2) is 4.04. The summed E-state index contributed by atoms with van der Waals surface area (Å²) < 4.78 is 28.4. The number of imidazole rings is 1. The Kier molecular flexibility index (Phi) is 2.50. The van der Waals surface area contributed by atoms with Crippen molar-refractivity contribution in [2.75, 3.05) is 5.73 Å². The predicted molar refractivity (Wildman–Crippen MR) is 62.3 cm³/mol. The van der Waals surface area contributed by atoms with Crippen molar-refractivity contribution in [1.29, 1.82) is 0 Å². The van der Waals surface area contributed by atoms with E-state index in [1.807, 2.05) is 0 Å². The molecule has 0 amide bonds. The first-order valence-corrected chi connectivity index (χ1v) is 5.84. The highest BCUT2D eigenvalue weighted by atomic mass is 19.1. The topological polar surface area (TPSA) is 56.7 Å². The molecular formula is C12H12F2N4. The molecule has 0 aliphatic heterocycles. The van der Waals surface area contributed by atoms with Crippen molar-refractivity contribution in [2.24, 2.45) is 0 Å². The van der Waals surface area contributed by atoms with Crippen LogP contribution in [0, 0.1) is 11.6 Å². The zero-order chi connectivity index (χ0) is 12.7. The number of hydrogen-bond acceptors (Lipinski definition) is 3. The van der Waals surface area contributed by atoms with Crippen molar-refractivity contribution in [2.45, 2.75) is 25.7 Å². The summed E-state index contributed by atoms with van der Waals surface area (Å²) in [6.07, 6.45) is 5.37. The number of fused-ring (bicyclic) bond motifs is 1. The molecule has 1 aliphatic carbocycles. The van der Waals surface area contributed by atoms with Gasteiger partial charge >= 0.3 is 0 Å². The fraction of sp³-hybridized carbons (Fsp3) is 0.333. The fourth-order valence-corrected chi connectivity index (χ4v) is 2.29. The minimum atomic E-state index is -0.842. The number of halogens is 2. The lowest BCUT2D eigenvalue weighted by atomic mass is 10.0. The van der Waals surface area contributed by atoms with Crippen molar-refractivity contribution in [3.8, 4) is 5.82 Å². The SMILES string of the molecule is Nc1nc(-n2cnc3c2CCCC3)c(F)cc1F. The van der Waals surface area contributed by atoms with Gasteiger partial charge in [0.05, 0.1) is 5.69 Å². The molecule has 1 aliphatic rings. The quantitative estimate of drug-likeness (QED) is 0.842. The molecule has 2 heterocycles. The lowest BCUT2D eigenvalue weighted by molar-refractivity contribution is 0.565. The Morgan fingerprint density at radius 1 is 1.17 bits per heavy atom. The van der Waals surface area contributed by atoms with Crippen LogP contribution in [0.1, 0.15) is 24.2 Å². The zero-order valence-corrected chi connectivity index (χ0v) is 9.66. The molecule has 0 atom stereocenters. The van der Waals surface area contributed by atoms with Gasteiger partial charge in [-0.05, 0) is 25.7 Å². The van der Waals surface area contributed by atoms with Crippen molar-refractivity contribution in [3.63, 3.8) is 0 Å². The van der Waals surface area contributed by atoms with Crippen LogP contribution in [0.5, 0.6) is 0 Å². The molecule has 6 heteroatoms. The summed E-state index contributed by atoms with van der Waals surface area (Å²) in [5.41, 5.74) is 7.29. The molecule has 0 bridgehead atoms. The van der Waals surface area contributed by atoms with Gasteiger partial charge in [0.25, 0.3) is 0 Å². The van der Waals surface area contributed by atoms with Gasteiger partial charge < -0.3 is 5.73 Å². The third kappa shape index (κ3) is 1.64. The Bertz CT molecular complexity index is 606. The number of nitrogens with zero attached hydrogens (tertiary/aromatic N) is 3. The minimum absolute atomic E-state index is 0.0181. The zero-order valence-electron chi connectivity index (χ0n) is 9.66. The summed E-state index contributed by atoms with van der Waals surface area (Å²) in [6, 6.07) is 0.757. The number of hydrogen-bond donors (Lipinski definition) is 1. The van der Waals surface area contributed by atoms with Crippen LogP contribution in [-0.4, -0.2) is 14.5 Å². The molecule has 0 saturated carbocycles. The highest BCUT2D eigenvalue weighted by Gasteiger charge is 2.19. The molecule has 94 valence electrons. The second-order valence-corrected chi connectivity index (χ2v) is 4.38. The number of anilines is 1. The van der Waals surface area contributed by atoms with Gasteiger partial charge in [0.2, 0.25) is 0 Å². The third-order valence-electron chi connectivity index (χ3n) is 3.20. The van der Waals surface area contributed by atoms with E-state index in [2.05, 4.69) is 9.97 Å². The molecule has 0 spiro atoms. The summed E-state index contributed by atoms with van der Waals surface area (Å²) >= 11 is 0. The van der Waals surface area contributed by atoms with Crippen LogP contribution in [0.2, 0.25) is 0 Å². The molecule has 0 radical (unpaired) electrons. The van der Waals surface area contributed by atoms with E-state index in [-0.39, 0.29) is 11.6 Å². The van der Waals surface area contributed by atoms with Gasteiger partial charge in [-0.2, -0.15) is 0 Å². The van der Waals surface area contributed by atoms with Gasteiger partial charge in [0.1, 0.15) is 6.33 Å². The first kappa shape index (κ1) is 11.1.